The van der Waals surface area contributed by atoms with Gasteiger partial charge in [-0.05, 0) is 48.9 Å². The third-order valence-corrected chi connectivity index (χ3v) is 4.60. The molecule has 3 heteroatoms. The Kier molecular flexibility index (Phi) is 4.06. The molecule has 1 aliphatic heterocycles. The molecule has 1 unspecified atom stereocenters. The van der Waals surface area contributed by atoms with Crippen molar-refractivity contribution in [2.45, 2.75) is 51.5 Å². The monoisotopic (exact) mass is 272 g/mol. The molecule has 3 rings (SSSR count). The minimum absolute atomic E-state index is 0.121. The van der Waals surface area contributed by atoms with Crippen LogP contribution in [0.2, 0.25) is 0 Å². The average molecular weight is 272 g/mol. The van der Waals surface area contributed by atoms with Crippen molar-refractivity contribution in [1.29, 1.82) is 0 Å². The molecular formula is C17H24N2O. The first kappa shape index (κ1) is 13.6. The Balaban J connectivity index is 1.83. The second-order valence-electron chi connectivity index (χ2n) is 6.12. The zero-order chi connectivity index (χ0) is 13.9. The van der Waals surface area contributed by atoms with Gasteiger partial charge in [0.1, 0.15) is 0 Å². The molecule has 0 aromatic heterocycles. The van der Waals surface area contributed by atoms with Crippen LogP contribution in [0.1, 0.15) is 56.2 Å². The third kappa shape index (κ3) is 2.73. The first-order valence-electron chi connectivity index (χ1n) is 7.94. The lowest BCUT2D eigenvalue weighted by molar-refractivity contribution is -0.115. The van der Waals surface area contributed by atoms with E-state index in [0.29, 0.717) is 12.5 Å². The van der Waals surface area contributed by atoms with Gasteiger partial charge in [-0.2, -0.15) is 0 Å². The molecule has 1 aromatic rings. The van der Waals surface area contributed by atoms with E-state index < -0.39 is 0 Å². The molecule has 1 aliphatic carbocycles. The Morgan fingerprint density at radius 3 is 2.90 bits per heavy atom. The molecule has 2 N–H and O–H groups in total. The number of hydrogen-bond acceptors (Lipinski definition) is 2. The largest absolute Gasteiger partial charge is 0.326 e. The molecule has 1 aromatic carbocycles. The van der Waals surface area contributed by atoms with Crippen LogP contribution >= 0.6 is 0 Å². The van der Waals surface area contributed by atoms with Gasteiger partial charge in [0.25, 0.3) is 0 Å². The fourth-order valence-electron chi connectivity index (χ4n) is 3.59. The molecule has 2 aliphatic rings. The van der Waals surface area contributed by atoms with Crippen molar-refractivity contribution in [3.8, 4) is 0 Å². The molecular weight excluding hydrogens is 248 g/mol. The van der Waals surface area contributed by atoms with Crippen LogP contribution in [0.25, 0.3) is 0 Å². The van der Waals surface area contributed by atoms with E-state index in [1.54, 1.807) is 0 Å². The van der Waals surface area contributed by atoms with E-state index in [1.165, 1.54) is 31.2 Å². The van der Waals surface area contributed by atoms with Crippen molar-refractivity contribution in [3.63, 3.8) is 0 Å². The van der Waals surface area contributed by atoms with E-state index in [1.807, 2.05) is 0 Å². The normalized spacial score (nSPS) is 19.9. The highest BCUT2D eigenvalue weighted by Crippen LogP contribution is 2.37. The number of rotatable bonds is 5. The Bertz CT molecular complexity index is 492. The number of benzene rings is 1. The van der Waals surface area contributed by atoms with Gasteiger partial charge in [-0.15, -0.1) is 0 Å². The number of carbonyl (C=O) groups is 1. The van der Waals surface area contributed by atoms with Gasteiger partial charge in [-0.3, -0.25) is 4.79 Å². The number of hydrogen-bond donors (Lipinski definition) is 2. The summed E-state index contributed by atoms with van der Waals surface area (Å²) in [6, 6.07) is 6.96. The van der Waals surface area contributed by atoms with Gasteiger partial charge < -0.3 is 10.6 Å². The summed E-state index contributed by atoms with van der Waals surface area (Å²) in [5, 5.41) is 6.64. The van der Waals surface area contributed by atoms with Crippen LogP contribution in [0.4, 0.5) is 5.69 Å². The van der Waals surface area contributed by atoms with Gasteiger partial charge >= 0.3 is 0 Å². The van der Waals surface area contributed by atoms with E-state index in [9.17, 15) is 4.79 Å². The zero-order valence-electron chi connectivity index (χ0n) is 12.2. The summed E-state index contributed by atoms with van der Waals surface area (Å²) in [5.74, 6) is 0.876. The van der Waals surface area contributed by atoms with Crippen molar-refractivity contribution in [3.05, 3.63) is 29.3 Å². The van der Waals surface area contributed by atoms with Crippen LogP contribution in [0.15, 0.2) is 18.2 Å². The standard InChI is InChI=1S/C17H24N2O/c1-2-9-18-17(12-5-3-4-6-12)13-7-8-15-14(10-13)11-16(20)19-15/h7-8,10,12,17-18H,2-6,9,11H2,1H3,(H,19,20). The van der Waals surface area contributed by atoms with Gasteiger partial charge in [-0.1, -0.05) is 31.9 Å². The molecule has 1 atom stereocenters. The predicted octanol–water partition coefficient (Wildman–Crippen LogP) is 3.41. The number of anilines is 1. The summed E-state index contributed by atoms with van der Waals surface area (Å²) in [6.07, 6.45) is 7.08. The van der Waals surface area contributed by atoms with E-state index in [0.717, 1.165) is 30.1 Å². The maximum Gasteiger partial charge on any atom is 0.228 e. The van der Waals surface area contributed by atoms with Gasteiger partial charge in [0.15, 0.2) is 0 Å². The fourth-order valence-corrected chi connectivity index (χ4v) is 3.59. The third-order valence-electron chi connectivity index (χ3n) is 4.60. The fraction of sp³-hybridized carbons (Fsp3) is 0.588. The zero-order valence-corrected chi connectivity index (χ0v) is 12.2. The summed E-state index contributed by atoms with van der Waals surface area (Å²) in [6.45, 7) is 3.28. The van der Waals surface area contributed by atoms with E-state index in [-0.39, 0.29) is 5.91 Å². The first-order valence-corrected chi connectivity index (χ1v) is 7.94. The smallest absolute Gasteiger partial charge is 0.228 e. The minimum atomic E-state index is 0.121. The molecule has 0 spiro atoms. The minimum Gasteiger partial charge on any atom is -0.326 e. The Labute approximate surface area is 121 Å². The van der Waals surface area contributed by atoms with Crippen LogP contribution in [-0.4, -0.2) is 12.5 Å². The summed E-state index contributed by atoms with van der Waals surface area (Å²) in [5.41, 5.74) is 3.52. The maximum absolute atomic E-state index is 11.5. The Morgan fingerprint density at radius 2 is 2.15 bits per heavy atom. The lowest BCUT2D eigenvalue weighted by Crippen LogP contribution is -2.27. The van der Waals surface area contributed by atoms with Crippen molar-refractivity contribution in [2.75, 3.05) is 11.9 Å². The van der Waals surface area contributed by atoms with Crippen molar-refractivity contribution in [2.24, 2.45) is 5.92 Å². The highest BCUT2D eigenvalue weighted by Gasteiger charge is 2.27. The van der Waals surface area contributed by atoms with E-state index in [2.05, 4.69) is 35.8 Å². The van der Waals surface area contributed by atoms with Crippen LogP contribution in [0.3, 0.4) is 0 Å². The Hall–Kier alpha value is -1.35. The summed E-state index contributed by atoms with van der Waals surface area (Å²) >= 11 is 0. The Morgan fingerprint density at radius 1 is 1.35 bits per heavy atom. The second-order valence-corrected chi connectivity index (χ2v) is 6.12. The maximum atomic E-state index is 11.5. The molecule has 3 nitrogen and oxygen atoms in total. The highest BCUT2D eigenvalue weighted by atomic mass is 16.1. The molecule has 1 saturated carbocycles. The number of fused-ring (bicyclic) bond motifs is 1. The second kappa shape index (κ2) is 5.96. The molecule has 1 fully saturated rings. The molecule has 108 valence electrons. The van der Waals surface area contributed by atoms with E-state index in [4.69, 9.17) is 0 Å². The molecule has 0 bridgehead atoms. The molecule has 20 heavy (non-hydrogen) atoms. The van der Waals surface area contributed by atoms with Crippen LogP contribution in [0.5, 0.6) is 0 Å². The lowest BCUT2D eigenvalue weighted by Gasteiger charge is -2.25. The van der Waals surface area contributed by atoms with Gasteiger partial charge in [0.2, 0.25) is 5.91 Å². The highest BCUT2D eigenvalue weighted by molar-refractivity contribution is 5.99. The number of nitrogens with one attached hydrogen (secondary N) is 2. The summed E-state index contributed by atoms with van der Waals surface area (Å²) < 4.78 is 0. The molecule has 1 amide bonds. The predicted molar refractivity (Wildman–Crippen MR) is 81.8 cm³/mol. The van der Waals surface area contributed by atoms with Gasteiger partial charge in [0, 0.05) is 11.7 Å². The van der Waals surface area contributed by atoms with Crippen molar-refractivity contribution in [1.82, 2.24) is 5.32 Å². The SMILES string of the molecule is CCCNC(c1ccc2c(c1)CC(=O)N2)C1CCCC1. The topological polar surface area (TPSA) is 41.1 Å². The molecule has 0 radical (unpaired) electrons. The van der Waals surface area contributed by atoms with Crippen molar-refractivity contribution < 1.29 is 4.79 Å². The van der Waals surface area contributed by atoms with Crippen molar-refractivity contribution >= 4 is 11.6 Å². The van der Waals surface area contributed by atoms with Crippen LogP contribution < -0.4 is 10.6 Å². The number of carbonyl (C=O) groups excluding carboxylic acids is 1. The van der Waals surface area contributed by atoms with Gasteiger partial charge in [-0.25, -0.2) is 0 Å². The van der Waals surface area contributed by atoms with Gasteiger partial charge in [0.05, 0.1) is 6.42 Å². The summed E-state index contributed by atoms with van der Waals surface area (Å²) in [4.78, 5) is 11.5. The molecule has 0 saturated heterocycles. The van der Waals surface area contributed by atoms with Crippen LogP contribution in [0, 0.1) is 5.92 Å². The molecule has 1 heterocycles. The van der Waals surface area contributed by atoms with E-state index >= 15 is 0 Å². The van der Waals surface area contributed by atoms with Crippen LogP contribution in [-0.2, 0) is 11.2 Å². The lowest BCUT2D eigenvalue weighted by atomic mass is 9.90. The first-order chi connectivity index (χ1) is 9.78. The average Bonchev–Trinajstić information content (AvgIpc) is 3.07. The summed E-state index contributed by atoms with van der Waals surface area (Å²) in [7, 11) is 0. The number of amides is 1. The quantitative estimate of drug-likeness (QED) is 0.862.